The molecule has 0 bridgehead atoms. The van der Waals surface area contributed by atoms with Gasteiger partial charge in [0.15, 0.2) is 24.4 Å². The summed E-state index contributed by atoms with van der Waals surface area (Å²) < 4.78 is 56.6. The summed E-state index contributed by atoms with van der Waals surface area (Å²) in [6.07, 6.45) is -4.87. The summed E-state index contributed by atoms with van der Waals surface area (Å²) >= 11 is 0. The smallest absolute Gasteiger partial charge is 0.422 e. The monoisotopic (exact) mass is 278 g/mol. The van der Waals surface area contributed by atoms with Crippen LogP contribution >= 0.6 is 0 Å². The van der Waals surface area contributed by atoms with Gasteiger partial charge in [-0.2, -0.15) is 13.2 Å². The Hall–Kier alpha value is -1.47. The molecule has 1 fully saturated rings. The fourth-order valence-corrected chi connectivity index (χ4v) is 1.51. The lowest BCUT2D eigenvalue weighted by molar-refractivity contribution is -0.153. The van der Waals surface area contributed by atoms with Crippen molar-refractivity contribution in [2.45, 2.75) is 12.5 Å². The Kier molecular flexibility index (Phi) is 4.49. The molecule has 4 nitrogen and oxygen atoms in total. The second-order valence-corrected chi connectivity index (χ2v) is 3.83. The van der Waals surface area contributed by atoms with Gasteiger partial charge >= 0.3 is 6.18 Å². The highest BCUT2D eigenvalue weighted by Gasteiger charge is 2.29. The van der Waals surface area contributed by atoms with E-state index in [0.717, 1.165) is 0 Å². The predicted octanol–water partition coefficient (Wildman–Crippen LogP) is 2.38. The van der Waals surface area contributed by atoms with E-state index in [1.165, 1.54) is 12.1 Å². The topological polar surface area (TPSA) is 36.9 Å². The van der Waals surface area contributed by atoms with Gasteiger partial charge in [0.2, 0.25) is 0 Å². The molecule has 0 amide bonds. The van der Waals surface area contributed by atoms with Crippen LogP contribution in [0.4, 0.5) is 13.2 Å². The van der Waals surface area contributed by atoms with Crippen molar-refractivity contribution in [2.24, 2.45) is 0 Å². The minimum absolute atomic E-state index is 0.0396. The number of halogens is 3. The van der Waals surface area contributed by atoms with Gasteiger partial charge in [0.1, 0.15) is 6.61 Å². The first-order chi connectivity index (χ1) is 9.04. The molecule has 106 valence electrons. The van der Waals surface area contributed by atoms with E-state index in [0.29, 0.717) is 13.2 Å². The van der Waals surface area contributed by atoms with Crippen molar-refractivity contribution in [3.8, 4) is 11.5 Å². The molecule has 1 heterocycles. The summed E-state index contributed by atoms with van der Waals surface area (Å²) in [5, 5.41) is 0. The van der Waals surface area contributed by atoms with E-state index in [4.69, 9.17) is 14.2 Å². The summed E-state index contributed by atoms with van der Waals surface area (Å²) in [6, 6.07) is 6.16. The van der Waals surface area contributed by atoms with Crippen molar-refractivity contribution >= 4 is 0 Å². The van der Waals surface area contributed by atoms with Gasteiger partial charge in [0, 0.05) is 0 Å². The molecular formula is C12H13F3O4. The molecule has 1 aromatic rings. The fourth-order valence-electron chi connectivity index (χ4n) is 1.51. The number of benzene rings is 1. The Bertz CT molecular complexity index is 402. The third kappa shape index (κ3) is 4.60. The third-order valence-corrected chi connectivity index (χ3v) is 2.31. The molecule has 1 saturated heterocycles. The Morgan fingerprint density at radius 1 is 1.05 bits per heavy atom. The Labute approximate surface area is 108 Å². The molecular weight excluding hydrogens is 265 g/mol. The highest BCUT2D eigenvalue weighted by molar-refractivity contribution is 5.39. The molecule has 0 aliphatic carbocycles. The maximum atomic E-state index is 12.1. The molecule has 0 spiro atoms. The Balaban J connectivity index is 1.91. The first-order valence-electron chi connectivity index (χ1n) is 5.69. The first-order valence-corrected chi connectivity index (χ1v) is 5.69. The molecule has 0 saturated carbocycles. The van der Waals surface area contributed by atoms with Gasteiger partial charge in [-0.25, -0.2) is 0 Å². The molecule has 1 aromatic carbocycles. The average Bonchev–Trinajstić information content (AvgIpc) is 2.87. The van der Waals surface area contributed by atoms with Gasteiger partial charge in [0.05, 0.1) is 13.2 Å². The number of para-hydroxylation sites is 2. The number of ether oxygens (including phenoxy) is 4. The lowest BCUT2D eigenvalue weighted by Crippen LogP contribution is -2.21. The van der Waals surface area contributed by atoms with Crippen molar-refractivity contribution in [3.63, 3.8) is 0 Å². The van der Waals surface area contributed by atoms with E-state index < -0.39 is 19.1 Å². The predicted molar refractivity (Wildman–Crippen MR) is 59.2 cm³/mol. The minimum atomic E-state index is -4.38. The van der Waals surface area contributed by atoms with Gasteiger partial charge in [0.25, 0.3) is 0 Å². The second kappa shape index (κ2) is 6.12. The summed E-state index contributed by atoms with van der Waals surface area (Å²) in [5.74, 6) is 0.267. The first kappa shape index (κ1) is 14.0. The number of hydrogen-bond acceptors (Lipinski definition) is 4. The van der Waals surface area contributed by atoms with Gasteiger partial charge in [-0.15, -0.1) is 0 Å². The van der Waals surface area contributed by atoms with Crippen molar-refractivity contribution in [3.05, 3.63) is 24.3 Å². The lowest BCUT2D eigenvalue weighted by Gasteiger charge is -2.15. The highest BCUT2D eigenvalue weighted by Crippen LogP contribution is 2.28. The summed E-state index contributed by atoms with van der Waals surface area (Å²) in [5.41, 5.74) is 0. The maximum Gasteiger partial charge on any atom is 0.422 e. The zero-order valence-corrected chi connectivity index (χ0v) is 9.98. The second-order valence-electron chi connectivity index (χ2n) is 3.83. The summed E-state index contributed by atoms with van der Waals surface area (Å²) in [6.45, 7) is -0.281. The number of alkyl halides is 3. The van der Waals surface area contributed by atoms with Crippen molar-refractivity contribution < 1.29 is 32.1 Å². The van der Waals surface area contributed by atoms with Crippen LogP contribution in [0.25, 0.3) is 0 Å². The molecule has 0 unspecified atom stereocenters. The largest absolute Gasteiger partial charge is 0.484 e. The zero-order valence-electron chi connectivity index (χ0n) is 9.98. The SMILES string of the molecule is FC(F)(F)COc1ccccc1OCC1OCCO1. The van der Waals surface area contributed by atoms with Gasteiger partial charge in [-0.05, 0) is 12.1 Å². The van der Waals surface area contributed by atoms with Crippen LogP contribution in [0, 0.1) is 0 Å². The third-order valence-electron chi connectivity index (χ3n) is 2.31. The van der Waals surface area contributed by atoms with Crippen molar-refractivity contribution in [2.75, 3.05) is 26.4 Å². The van der Waals surface area contributed by atoms with Crippen LogP contribution in [0.2, 0.25) is 0 Å². The van der Waals surface area contributed by atoms with Crippen LogP contribution < -0.4 is 9.47 Å². The van der Waals surface area contributed by atoms with E-state index in [1.54, 1.807) is 12.1 Å². The number of rotatable bonds is 5. The van der Waals surface area contributed by atoms with Gasteiger partial charge in [-0.3, -0.25) is 0 Å². The summed E-state index contributed by atoms with van der Waals surface area (Å²) in [7, 11) is 0. The van der Waals surface area contributed by atoms with E-state index >= 15 is 0 Å². The molecule has 19 heavy (non-hydrogen) atoms. The fraction of sp³-hybridized carbons (Fsp3) is 0.500. The molecule has 1 aliphatic rings. The van der Waals surface area contributed by atoms with Crippen LogP contribution in [-0.2, 0) is 9.47 Å². The average molecular weight is 278 g/mol. The van der Waals surface area contributed by atoms with Crippen LogP contribution in [0.15, 0.2) is 24.3 Å². The van der Waals surface area contributed by atoms with Crippen LogP contribution in [0.3, 0.4) is 0 Å². The van der Waals surface area contributed by atoms with Gasteiger partial charge < -0.3 is 18.9 Å². The van der Waals surface area contributed by atoms with Gasteiger partial charge in [-0.1, -0.05) is 12.1 Å². The van der Waals surface area contributed by atoms with Crippen LogP contribution in [0.1, 0.15) is 0 Å². The Morgan fingerprint density at radius 2 is 1.63 bits per heavy atom. The molecule has 1 aliphatic heterocycles. The maximum absolute atomic E-state index is 12.1. The molecule has 0 N–H and O–H groups in total. The zero-order chi connectivity index (χ0) is 13.7. The Morgan fingerprint density at radius 3 is 2.21 bits per heavy atom. The van der Waals surface area contributed by atoms with Crippen molar-refractivity contribution in [1.29, 1.82) is 0 Å². The normalized spacial score (nSPS) is 16.6. The van der Waals surface area contributed by atoms with Crippen LogP contribution in [-0.4, -0.2) is 38.9 Å². The quantitative estimate of drug-likeness (QED) is 0.828. The molecule has 7 heteroatoms. The van der Waals surface area contributed by atoms with Crippen LogP contribution in [0.5, 0.6) is 11.5 Å². The van der Waals surface area contributed by atoms with E-state index in [1.807, 2.05) is 0 Å². The molecule has 2 rings (SSSR count). The molecule has 0 radical (unpaired) electrons. The standard InChI is InChI=1S/C12H13F3O4/c13-12(14,15)8-19-10-4-2-1-3-9(10)18-7-11-16-5-6-17-11/h1-4,11H,5-8H2. The highest BCUT2D eigenvalue weighted by atomic mass is 19.4. The number of hydrogen-bond donors (Lipinski definition) is 0. The lowest BCUT2D eigenvalue weighted by atomic mass is 10.3. The molecule has 0 aromatic heterocycles. The van der Waals surface area contributed by atoms with E-state index in [-0.39, 0.29) is 18.1 Å². The minimum Gasteiger partial charge on any atom is -0.484 e. The van der Waals surface area contributed by atoms with E-state index in [9.17, 15) is 13.2 Å². The van der Waals surface area contributed by atoms with E-state index in [2.05, 4.69) is 4.74 Å². The molecule has 0 atom stereocenters. The summed E-state index contributed by atoms with van der Waals surface area (Å²) in [4.78, 5) is 0. The van der Waals surface area contributed by atoms with Crippen molar-refractivity contribution in [1.82, 2.24) is 0 Å².